The molecular weight excluding hydrogens is 328 g/mol. The first-order chi connectivity index (χ1) is 5.11. The number of aromatic nitrogens is 2. The fraction of sp³-hybridized carbons (Fsp3) is 0.429. The predicted octanol–water partition coefficient (Wildman–Crippen LogP) is 1.51. The number of nitrogens with one attached hydrogen (secondary N) is 1. The summed E-state index contributed by atoms with van der Waals surface area (Å²) >= 11 is 0. The van der Waals surface area contributed by atoms with Crippen LogP contribution in [-0.4, -0.2) is 9.55 Å². The van der Waals surface area contributed by atoms with Gasteiger partial charge < -0.3 is 15.3 Å². The van der Waals surface area contributed by atoms with Gasteiger partial charge in [0.05, 0.1) is 0 Å². The minimum atomic E-state index is -0.354. The van der Waals surface area contributed by atoms with Crippen LogP contribution in [0, 0.1) is 0 Å². The molecule has 1 N–H and O–H groups in total. The topological polar surface area (TPSA) is 58.7 Å². The van der Waals surface area contributed by atoms with Crippen molar-refractivity contribution in [3.8, 4) is 0 Å². The van der Waals surface area contributed by atoms with Crippen LogP contribution in [0.2, 0.25) is 0 Å². The summed E-state index contributed by atoms with van der Waals surface area (Å²) in [5, 5.41) is 0. The number of hydrogen-bond acceptors (Lipinski definition) is 2. The Morgan fingerprint density at radius 2 is 2.17 bits per heavy atom. The largest absolute Gasteiger partial charge is 0.482 e. The van der Waals surface area contributed by atoms with Crippen molar-refractivity contribution in [2.45, 2.75) is 19.9 Å². The Hall–Kier alpha value is -0.658. The van der Waals surface area contributed by atoms with Crippen molar-refractivity contribution in [3.63, 3.8) is 0 Å². The molecule has 0 unspecified atom stereocenters. The molecule has 12 heavy (non-hydrogen) atoms. The summed E-state index contributed by atoms with van der Waals surface area (Å²) < 4.78 is 1.48. The van der Waals surface area contributed by atoms with Gasteiger partial charge in [-0.05, 0) is 19.9 Å². The summed E-state index contributed by atoms with van der Waals surface area (Å²) in [6.07, 6.45) is 1.59. The van der Waals surface area contributed by atoms with Gasteiger partial charge in [-0.1, -0.05) is 5.82 Å². The maximum absolute atomic E-state index is 11.0. The molecule has 0 atom stereocenters. The SMILES string of the molecule is CC(C)n1ccc([NH-])nc1=O.[Re]. The number of hydrogen-bond donors (Lipinski definition) is 0. The van der Waals surface area contributed by atoms with Crippen LogP contribution in [0.1, 0.15) is 19.9 Å². The summed E-state index contributed by atoms with van der Waals surface area (Å²) in [6.45, 7) is 3.79. The van der Waals surface area contributed by atoms with Gasteiger partial charge in [-0.15, -0.1) is 0 Å². The molecule has 0 saturated carbocycles. The second-order valence-electron chi connectivity index (χ2n) is 2.60. The van der Waals surface area contributed by atoms with E-state index in [2.05, 4.69) is 4.98 Å². The minimum absolute atomic E-state index is 0. The molecule has 67 valence electrons. The fourth-order valence-corrected chi connectivity index (χ4v) is 0.806. The zero-order valence-electron chi connectivity index (χ0n) is 6.91. The zero-order valence-corrected chi connectivity index (χ0v) is 9.63. The zero-order chi connectivity index (χ0) is 8.43. The standard InChI is InChI=1S/C7H11N3O.Re/c1-5(2)10-4-3-6(8)9-7(10)11;/h3-5H,1-2H3,(H2,8,9,11);/p-1. The molecule has 0 bridgehead atoms. The average Bonchev–Trinajstić information content (AvgIpc) is 1.85. The third-order valence-corrected chi connectivity index (χ3v) is 1.39. The molecule has 4 nitrogen and oxygen atoms in total. The Bertz CT molecular complexity index is 308. The van der Waals surface area contributed by atoms with Gasteiger partial charge in [-0.2, -0.15) is 0 Å². The molecule has 0 aliphatic rings. The predicted molar refractivity (Wildman–Crippen MR) is 42.9 cm³/mol. The minimum Gasteiger partial charge on any atom is -0.482 e. The summed E-state index contributed by atoms with van der Waals surface area (Å²) in [5.74, 6) is 0.0203. The van der Waals surface area contributed by atoms with Crippen LogP contribution >= 0.6 is 0 Å². The monoisotopic (exact) mass is 339 g/mol. The van der Waals surface area contributed by atoms with Crippen molar-refractivity contribution in [2.75, 3.05) is 0 Å². The molecule has 0 amide bonds. The van der Waals surface area contributed by atoms with E-state index in [-0.39, 0.29) is 38.0 Å². The third-order valence-electron chi connectivity index (χ3n) is 1.39. The summed E-state index contributed by atoms with van der Waals surface area (Å²) in [7, 11) is 0. The van der Waals surface area contributed by atoms with Crippen molar-refractivity contribution in [1.29, 1.82) is 0 Å². The van der Waals surface area contributed by atoms with E-state index in [9.17, 15) is 4.79 Å². The van der Waals surface area contributed by atoms with Gasteiger partial charge in [0.1, 0.15) is 0 Å². The summed E-state index contributed by atoms with van der Waals surface area (Å²) in [6, 6.07) is 1.61. The molecule has 1 heterocycles. The molecule has 1 aromatic heterocycles. The molecule has 0 aromatic carbocycles. The molecule has 0 aliphatic carbocycles. The first kappa shape index (κ1) is 11.3. The maximum atomic E-state index is 11.0. The molecule has 0 aliphatic heterocycles. The fourth-order valence-electron chi connectivity index (χ4n) is 0.806. The van der Waals surface area contributed by atoms with Crippen LogP contribution in [0.25, 0.3) is 5.73 Å². The van der Waals surface area contributed by atoms with Crippen molar-refractivity contribution in [1.82, 2.24) is 9.55 Å². The van der Waals surface area contributed by atoms with E-state index in [1.807, 2.05) is 13.8 Å². The first-order valence-electron chi connectivity index (χ1n) is 3.42. The molecule has 0 saturated heterocycles. The molecule has 5 heteroatoms. The molecule has 1 aromatic rings. The third kappa shape index (κ3) is 2.43. The molecule has 0 spiro atoms. The average molecular weight is 338 g/mol. The van der Waals surface area contributed by atoms with E-state index in [0.717, 1.165) is 0 Å². The maximum Gasteiger partial charge on any atom is 0.246 e. The van der Waals surface area contributed by atoms with Crippen molar-refractivity contribution < 1.29 is 20.4 Å². The Morgan fingerprint density at radius 3 is 2.58 bits per heavy atom. The summed E-state index contributed by atoms with van der Waals surface area (Å²) in [4.78, 5) is 14.5. The first-order valence-corrected chi connectivity index (χ1v) is 3.42. The van der Waals surface area contributed by atoms with Gasteiger partial charge in [-0.3, -0.25) is 4.79 Å². The summed E-state index contributed by atoms with van der Waals surface area (Å²) in [5.41, 5.74) is 6.69. The van der Waals surface area contributed by atoms with Crippen LogP contribution in [0.3, 0.4) is 0 Å². The smallest absolute Gasteiger partial charge is 0.246 e. The van der Waals surface area contributed by atoms with E-state index in [0.29, 0.717) is 0 Å². The van der Waals surface area contributed by atoms with Crippen LogP contribution in [0.15, 0.2) is 17.1 Å². The van der Waals surface area contributed by atoms with E-state index in [1.165, 1.54) is 10.6 Å². The van der Waals surface area contributed by atoms with E-state index < -0.39 is 0 Å². The van der Waals surface area contributed by atoms with Crippen molar-refractivity contribution in [2.24, 2.45) is 0 Å². The van der Waals surface area contributed by atoms with Crippen LogP contribution in [0.4, 0.5) is 5.82 Å². The number of nitrogens with zero attached hydrogens (tertiary/aromatic N) is 2. The van der Waals surface area contributed by atoms with E-state index >= 15 is 0 Å². The van der Waals surface area contributed by atoms with Crippen LogP contribution < -0.4 is 5.69 Å². The Labute approximate surface area is 84.5 Å². The second-order valence-corrected chi connectivity index (χ2v) is 2.60. The Balaban J connectivity index is 0.00000121. The van der Waals surface area contributed by atoms with Crippen molar-refractivity contribution >= 4 is 5.82 Å². The van der Waals surface area contributed by atoms with Crippen molar-refractivity contribution in [3.05, 3.63) is 28.5 Å². The number of rotatable bonds is 1. The van der Waals surface area contributed by atoms with Gasteiger partial charge in [-0.25, -0.2) is 0 Å². The van der Waals surface area contributed by atoms with Crippen LogP contribution in [-0.2, 0) is 20.4 Å². The molecule has 1 rings (SSSR count). The van der Waals surface area contributed by atoms with Crippen LogP contribution in [0.5, 0.6) is 0 Å². The normalized spacial score (nSPS) is 9.58. The van der Waals surface area contributed by atoms with Gasteiger partial charge in [0.25, 0.3) is 0 Å². The van der Waals surface area contributed by atoms with Gasteiger partial charge in [0.2, 0.25) is 5.69 Å². The quantitative estimate of drug-likeness (QED) is 0.779. The van der Waals surface area contributed by atoms with Gasteiger partial charge in [0, 0.05) is 32.7 Å². The second kappa shape index (κ2) is 4.39. The van der Waals surface area contributed by atoms with Gasteiger partial charge in [0.15, 0.2) is 0 Å². The molecular formula is C7H10N3ORe-. The molecule has 0 fully saturated rings. The molecule has 1 radical (unpaired) electrons. The van der Waals surface area contributed by atoms with E-state index in [4.69, 9.17) is 5.73 Å². The Morgan fingerprint density at radius 1 is 1.58 bits per heavy atom. The Kier molecular flexibility index (Phi) is 4.15. The van der Waals surface area contributed by atoms with Gasteiger partial charge >= 0.3 is 0 Å². The van der Waals surface area contributed by atoms with E-state index in [1.54, 1.807) is 6.20 Å².